The van der Waals surface area contributed by atoms with Gasteiger partial charge in [-0.2, -0.15) is 4.39 Å². The van der Waals surface area contributed by atoms with Crippen molar-refractivity contribution in [1.29, 1.82) is 0 Å². The zero-order chi connectivity index (χ0) is 15.4. The Kier molecular flexibility index (Phi) is 4.29. The SMILES string of the molecule is CC(=O)Nc1ncc(C2=C=C=C(F)C=C2)nc1C=C(C)C. The van der Waals surface area contributed by atoms with Crippen LogP contribution in [0.1, 0.15) is 32.2 Å². The van der Waals surface area contributed by atoms with Gasteiger partial charge in [0.15, 0.2) is 11.6 Å². The molecule has 0 atom stereocenters. The summed E-state index contributed by atoms with van der Waals surface area (Å²) in [4.78, 5) is 19.8. The molecule has 0 unspecified atom stereocenters. The van der Waals surface area contributed by atoms with E-state index in [4.69, 9.17) is 0 Å². The predicted molar refractivity (Wildman–Crippen MR) is 79.9 cm³/mol. The van der Waals surface area contributed by atoms with Crippen LogP contribution < -0.4 is 5.32 Å². The Labute approximate surface area is 122 Å². The molecule has 4 nitrogen and oxygen atoms in total. The van der Waals surface area contributed by atoms with Crippen LogP contribution in [0.15, 0.2) is 41.2 Å². The number of nitrogens with zero attached hydrogens (tertiary/aromatic N) is 2. The second kappa shape index (κ2) is 6.14. The van der Waals surface area contributed by atoms with Crippen molar-refractivity contribution in [3.63, 3.8) is 0 Å². The molecular formula is C16H14FN3O. The molecule has 0 spiro atoms. The Morgan fingerprint density at radius 1 is 1.29 bits per heavy atom. The molecule has 0 saturated heterocycles. The van der Waals surface area contributed by atoms with Crippen LogP contribution in [0.3, 0.4) is 0 Å². The van der Waals surface area contributed by atoms with Crippen molar-refractivity contribution in [2.45, 2.75) is 20.8 Å². The van der Waals surface area contributed by atoms with E-state index in [-0.39, 0.29) is 5.91 Å². The van der Waals surface area contributed by atoms with Crippen molar-refractivity contribution >= 4 is 23.4 Å². The maximum Gasteiger partial charge on any atom is 0.222 e. The fourth-order valence-corrected chi connectivity index (χ4v) is 1.69. The third-order valence-electron chi connectivity index (χ3n) is 2.51. The van der Waals surface area contributed by atoms with E-state index < -0.39 is 5.83 Å². The number of halogens is 1. The molecule has 1 aromatic heterocycles. The van der Waals surface area contributed by atoms with E-state index in [9.17, 15) is 9.18 Å². The molecule has 1 amide bonds. The van der Waals surface area contributed by atoms with Crippen molar-refractivity contribution in [2.24, 2.45) is 0 Å². The maximum atomic E-state index is 12.9. The van der Waals surface area contributed by atoms with Gasteiger partial charge < -0.3 is 5.32 Å². The molecule has 1 aliphatic carbocycles. The molecular weight excluding hydrogens is 269 g/mol. The van der Waals surface area contributed by atoms with Crippen molar-refractivity contribution in [2.75, 3.05) is 5.32 Å². The van der Waals surface area contributed by atoms with Gasteiger partial charge >= 0.3 is 0 Å². The number of hydrogen-bond acceptors (Lipinski definition) is 3. The van der Waals surface area contributed by atoms with Crippen LogP contribution in [-0.4, -0.2) is 15.9 Å². The summed E-state index contributed by atoms with van der Waals surface area (Å²) in [5.41, 5.74) is 7.72. The number of carbonyl (C=O) groups excluding carboxylic acids is 1. The number of allylic oxidation sites excluding steroid dienone is 5. The second-order valence-corrected chi connectivity index (χ2v) is 4.74. The fraction of sp³-hybridized carbons (Fsp3) is 0.188. The predicted octanol–water partition coefficient (Wildman–Crippen LogP) is 3.42. The number of rotatable bonds is 3. The quantitative estimate of drug-likeness (QED) is 0.865. The van der Waals surface area contributed by atoms with Crippen LogP contribution in [0.5, 0.6) is 0 Å². The molecule has 0 fully saturated rings. The van der Waals surface area contributed by atoms with Crippen LogP contribution in [0.25, 0.3) is 11.6 Å². The van der Waals surface area contributed by atoms with Gasteiger partial charge in [0.25, 0.3) is 0 Å². The summed E-state index contributed by atoms with van der Waals surface area (Å²) in [7, 11) is 0. The minimum Gasteiger partial charge on any atom is -0.309 e. The van der Waals surface area contributed by atoms with Crippen LogP contribution >= 0.6 is 0 Å². The van der Waals surface area contributed by atoms with Gasteiger partial charge in [0, 0.05) is 6.92 Å². The first-order valence-electron chi connectivity index (χ1n) is 6.35. The first-order valence-corrected chi connectivity index (χ1v) is 6.35. The smallest absolute Gasteiger partial charge is 0.222 e. The van der Waals surface area contributed by atoms with Crippen molar-refractivity contribution in [3.8, 4) is 0 Å². The lowest BCUT2D eigenvalue weighted by atomic mass is 10.1. The van der Waals surface area contributed by atoms with E-state index in [0.29, 0.717) is 22.8 Å². The minimum absolute atomic E-state index is 0.220. The number of nitrogens with one attached hydrogen (secondary N) is 1. The molecule has 1 aromatic rings. The molecule has 2 rings (SSSR count). The molecule has 0 saturated carbocycles. The first-order chi connectivity index (χ1) is 9.95. The topological polar surface area (TPSA) is 54.9 Å². The summed E-state index contributed by atoms with van der Waals surface area (Å²) < 4.78 is 12.9. The number of carbonyl (C=O) groups is 1. The zero-order valence-corrected chi connectivity index (χ0v) is 12.0. The van der Waals surface area contributed by atoms with Gasteiger partial charge in [-0.1, -0.05) is 11.3 Å². The van der Waals surface area contributed by atoms with Gasteiger partial charge in [-0.3, -0.25) is 4.79 Å². The molecule has 1 heterocycles. The average Bonchev–Trinajstić information content (AvgIpc) is 2.40. The molecule has 0 bridgehead atoms. The number of aromatic nitrogens is 2. The Hall–Kier alpha value is -2.74. The van der Waals surface area contributed by atoms with Crippen molar-refractivity contribution < 1.29 is 9.18 Å². The zero-order valence-electron chi connectivity index (χ0n) is 12.0. The highest BCUT2D eigenvalue weighted by molar-refractivity contribution is 5.89. The lowest BCUT2D eigenvalue weighted by Gasteiger charge is -2.08. The molecule has 1 aliphatic rings. The number of hydrogen-bond donors (Lipinski definition) is 1. The van der Waals surface area contributed by atoms with Gasteiger partial charge in [-0.15, -0.1) is 0 Å². The van der Waals surface area contributed by atoms with Gasteiger partial charge in [0.2, 0.25) is 5.91 Å². The summed E-state index contributed by atoms with van der Waals surface area (Å²) in [6.45, 7) is 5.25. The van der Waals surface area contributed by atoms with Crippen molar-refractivity contribution in [1.82, 2.24) is 9.97 Å². The van der Waals surface area contributed by atoms with E-state index in [0.717, 1.165) is 5.57 Å². The van der Waals surface area contributed by atoms with Gasteiger partial charge in [0.1, 0.15) is 5.69 Å². The van der Waals surface area contributed by atoms with E-state index in [2.05, 4.69) is 26.7 Å². The lowest BCUT2D eigenvalue weighted by Crippen LogP contribution is -2.10. The summed E-state index contributed by atoms with van der Waals surface area (Å²) in [5.74, 6) is -0.313. The van der Waals surface area contributed by atoms with Gasteiger partial charge in [-0.25, -0.2) is 9.97 Å². The van der Waals surface area contributed by atoms with Crippen LogP contribution in [0, 0.1) is 0 Å². The van der Waals surface area contributed by atoms with E-state index in [1.165, 1.54) is 19.2 Å². The normalized spacial score (nSPS) is 12.6. The number of anilines is 1. The van der Waals surface area contributed by atoms with Gasteiger partial charge in [0.05, 0.1) is 17.5 Å². The maximum absolute atomic E-state index is 12.9. The van der Waals surface area contributed by atoms with E-state index >= 15 is 0 Å². The Balaban J connectivity index is 2.52. The summed E-state index contributed by atoms with van der Waals surface area (Å²) in [6.07, 6.45) is 6.16. The monoisotopic (exact) mass is 283 g/mol. The minimum atomic E-state index is -0.480. The third-order valence-corrected chi connectivity index (χ3v) is 2.51. The highest BCUT2D eigenvalue weighted by atomic mass is 19.1. The Morgan fingerprint density at radius 2 is 2.05 bits per heavy atom. The summed E-state index contributed by atoms with van der Waals surface area (Å²) in [5, 5.41) is 2.63. The van der Waals surface area contributed by atoms with Gasteiger partial charge in [-0.05, 0) is 37.8 Å². The molecule has 106 valence electrons. The molecule has 0 aromatic carbocycles. The van der Waals surface area contributed by atoms with Crippen LogP contribution in [0.2, 0.25) is 0 Å². The van der Waals surface area contributed by atoms with Crippen LogP contribution in [-0.2, 0) is 4.79 Å². The second-order valence-electron chi connectivity index (χ2n) is 4.74. The van der Waals surface area contributed by atoms with Crippen LogP contribution in [0.4, 0.5) is 10.2 Å². The fourth-order valence-electron chi connectivity index (χ4n) is 1.69. The van der Waals surface area contributed by atoms with E-state index in [1.54, 1.807) is 6.08 Å². The average molecular weight is 283 g/mol. The number of amides is 1. The van der Waals surface area contributed by atoms with E-state index in [1.807, 2.05) is 19.9 Å². The molecule has 5 heteroatoms. The molecule has 0 aliphatic heterocycles. The Morgan fingerprint density at radius 3 is 2.62 bits per heavy atom. The standard InChI is InChI=1S/C16H14FN3O/c1-10(2)8-14-16(19-11(3)21)18-9-15(20-14)12-4-6-13(17)7-5-12/h4,6,8-9H,1-3H3,(H,18,19,21). The highest BCUT2D eigenvalue weighted by Gasteiger charge is 2.10. The first kappa shape index (κ1) is 14.7. The summed E-state index contributed by atoms with van der Waals surface area (Å²) in [6, 6.07) is 0. The molecule has 21 heavy (non-hydrogen) atoms. The molecule has 0 radical (unpaired) electrons. The highest BCUT2D eigenvalue weighted by Crippen LogP contribution is 2.20. The molecule has 1 N–H and O–H groups in total. The third kappa shape index (κ3) is 3.86. The lowest BCUT2D eigenvalue weighted by molar-refractivity contribution is -0.114. The largest absolute Gasteiger partial charge is 0.309 e. The Bertz CT molecular complexity index is 758. The van der Waals surface area contributed by atoms with Crippen molar-refractivity contribution in [3.05, 3.63) is 52.6 Å². The summed E-state index contributed by atoms with van der Waals surface area (Å²) >= 11 is 0.